The average Bonchev–Trinajstić information content (AvgIpc) is 3.02. The molecule has 5 aromatic carbocycles. The first-order valence-corrected chi connectivity index (χ1v) is 14.9. The molecule has 0 aliphatic heterocycles. The van der Waals surface area contributed by atoms with Crippen LogP contribution in [0.25, 0.3) is 24.3 Å². The summed E-state index contributed by atoms with van der Waals surface area (Å²) in [5.74, 6) is 0. The van der Waals surface area contributed by atoms with Gasteiger partial charge in [0.25, 0.3) is 0 Å². The third-order valence-corrected chi connectivity index (χ3v) is 7.69. The maximum atomic E-state index is 2.36. The SMILES string of the molecule is Cc1ccccc1/C=C/C=C/c1ccc(N(c2ccc(/C=C/C=C/c3ccccc3C)cc2)c2c(C)cccc2C)cc1. The fraction of sp³-hybridized carbons (Fsp3) is 0.0952. The summed E-state index contributed by atoms with van der Waals surface area (Å²) in [6.45, 7) is 8.65. The minimum Gasteiger partial charge on any atom is -0.310 e. The first-order chi connectivity index (χ1) is 21.0. The molecule has 0 aliphatic rings. The quantitative estimate of drug-likeness (QED) is 0.163. The molecule has 0 unspecified atom stereocenters. The Bertz CT molecular complexity index is 1650. The highest BCUT2D eigenvalue weighted by molar-refractivity contribution is 5.81. The van der Waals surface area contributed by atoms with Crippen LogP contribution in [0.4, 0.5) is 17.1 Å². The van der Waals surface area contributed by atoms with Gasteiger partial charge in [-0.2, -0.15) is 0 Å². The fourth-order valence-corrected chi connectivity index (χ4v) is 5.23. The number of allylic oxidation sites excluding steroid dienone is 4. The molecule has 0 saturated carbocycles. The van der Waals surface area contributed by atoms with Gasteiger partial charge in [-0.15, -0.1) is 0 Å². The molecule has 212 valence electrons. The number of nitrogens with zero attached hydrogens (tertiary/aromatic N) is 1. The standard InChI is InChI=1S/C42H39N/c1-32-14-5-9-20-38(32)22-11-7-18-36-24-28-40(29-25-36)43(42-34(3)16-13-17-35(42)4)41-30-26-37(27-31-41)19-8-12-23-39-21-10-6-15-33(39)2/h5-31H,1-4H3/b18-7+,19-8+,22-11+,23-12+. The van der Waals surface area contributed by atoms with Crippen LogP contribution in [-0.2, 0) is 0 Å². The van der Waals surface area contributed by atoms with Crippen LogP contribution in [-0.4, -0.2) is 0 Å². The molecule has 0 spiro atoms. The van der Waals surface area contributed by atoms with E-state index in [-0.39, 0.29) is 0 Å². The first-order valence-electron chi connectivity index (χ1n) is 14.9. The highest BCUT2D eigenvalue weighted by Crippen LogP contribution is 2.38. The van der Waals surface area contributed by atoms with Crippen molar-refractivity contribution >= 4 is 41.4 Å². The van der Waals surface area contributed by atoms with Gasteiger partial charge in [-0.25, -0.2) is 0 Å². The van der Waals surface area contributed by atoms with Gasteiger partial charge in [0.2, 0.25) is 0 Å². The van der Waals surface area contributed by atoms with Gasteiger partial charge in [0.05, 0.1) is 5.69 Å². The molecular formula is C42H39N. The van der Waals surface area contributed by atoms with Crippen LogP contribution in [0.2, 0.25) is 0 Å². The van der Waals surface area contributed by atoms with Crippen molar-refractivity contribution in [3.05, 3.63) is 184 Å². The number of hydrogen-bond donors (Lipinski definition) is 0. The number of hydrogen-bond acceptors (Lipinski definition) is 1. The van der Waals surface area contributed by atoms with Gasteiger partial charge in [-0.1, -0.05) is 140 Å². The Hall–Kier alpha value is -5.14. The minimum absolute atomic E-state index is 1.13. The van der Waals surface area contributed by atoms with Crippen molar-refractivity contribution in [1.29, 1.82) is 0 Å². The third kappa shape index (κ3) is 7.58. The number of aryl methyl sites for hydroxylation is 4. The van der Waals surface area contributed by atoms with Crippen molar-refractivity contribution in [2.45, 2.75) is 27.7 Å². The lowest BCUT2D eigenvalue weighted by molar-refractivity contribution is 1.22. The Kier molecular flexibility index (Phi) is 9.67. The lowest BCUT2D eigenvalue weighted by Gasteiger charge is -2.29. The van der Waals surface area contributed by atoms with Crippen LogP contribution in [0.3, 0.4) is 0 Å². The Morgan fingerprint density at radius 3 is 1.16 bits per heavy atom. The van der Waals surface area contributed by atoms with Gasteiger partial charge in [0, 0.05) is 11.4 Å². The van der Waals surface area contributed by atoms with E-state index in [0.717, 1.165) is 11.4 Å². The summed E-state index contributed by atoms with van der Waals surface area (Å²) in [7, 11) is 0. The summed E-state index contributed by atoms with van der Waals surface area (Å²) in [5, 5.41) is 0. The predicted octanol–water partition coefficient (Wildman–Crippen LogP) is 11.8. The fourth-order valence-electron chi connectivity index (χ4n) is 5.23. The Morgan fingerprint density at radius 1 is 0.372 bits per heavy atom. The summed E-state index contributed by atoms with van der Waals surface area (Å²) in [6, 6.07) is 40.9. The molecule has 0 radical (unpaired) electrons. The topological polar surface area (TPSA) is 3.24 Å². The van der Waals surface area contributed by atoms with Crippen molar-refractivity contribution in [2.75, 3.05) is 4.90 Å². The lowest BCUT2D eigenvalue weighted by atomic mass is 10.0. The van der Waals surface area contributed by atoms with E-state index in [1.54, 1.807) is 0 Å². The summed E-state index contributed by atoms with van der Waals surface area (Å²) in [6.07, 6.45) is 17.0. The third-order valence-electron chi connectivity index (χ3n) is 7.69. The zero-order valence-electron chi connectivity index (χ0n) is 25.5. The monoisotopic (exact) mass is 557 g/mol. The molecule has 0 fully saturated rings. The van der Waals surface area contributed by atoms with Crippen molar-refractivity contribution in [3.8, 4) is 0 Å². The van der Waals surface area contributed by atoms with E-state index in [4.69, 9.17) is 0 Å². The van der Waals surface area contributed by atoms with E-state index in [2.05, 4.69) is 196 Å². The van der Waals surface area contributed by atoms with Crippen LogP contribution in [0.5, 0.6) is 0 Å². The molecule has 0 N–H and O–H groups in total. The van der Waals surface area contributed by atoms with E-state index >= 15 is 0 Å². The number of anilines is 3. The van der Waals surface area contributed by atoms with Crippen LogP contribution in [0.15, 0.2) is 140 Å². The molecule has 0 heterocycles. The highest BCUT2D eigenvalue weighted by Gasteiger charge is 2.16. The molecule has 0 aliphatic carbocycles. The molecule has 0 aromatic heterocycles. The minimum atomic E-state index is 1.13. The van der Waals surface area contributed by atoms with E-state index in [9.17, 15) is 0 Å². The normalized spacial score (nSPS) is 11.8. The van der Waals surface area contributed by atoms with Gasteiger partial charge >= 0.3 is 0 Å². The highest BCUT2D eigenvalue weighted by atomic mass is 15.1. The molecule has 1 heteroatoms. The average molecular weight is 558 g/mol. The second kappa shape index (κ2) is 14.2. The maximum absolute atomic E-state index is 2.36. The first kappa shape index (κ1) is 29.4. The number of rotatable bonds is 9. The summed E-state index contributed by atoms with van der Waals surface area (Å²) in [4.78, 5) is 2.36. The largest absolute Gasteiger partial charge is 0.310 e. The van der Waals surface area contributed by atoms with Crippen molar-refractivity contribution in [2.24, 2.45) is 0 Å². The van der Waals surface area contributed by atoms with Crippen molar-refractivity contribution in [1.82, 2.24) is 0 Å². The molecule has 5 rings (SSSR count). The molecule has 0 saturated heterocycles. The van der Waals surface area contributed by atoms with Gasteiger partial charge in [0.15, 0.2) is 0 Å². The molecule has 0 amide bonds. The van der Waals surface area contributed by atoms with Crippen LogP contribution in [0.1, 0.15) is 44.5 Å². The van der Waals surface area contributed by atoms with Gasteiger partial charge in [-0.3, -0.25) is 0 Å². The van der Waals surface area contributed by atoms with Gasteiger partial charge in [0.1, 0.15) is 0 Å². The zero-order chi connectivity index (χ0) is 30.0. The molecule has 0 bridgehead atoms. The smallest absolute Gasteiger partial charge is 0.0519 e. The zero-order valence-corrected chi connectivity index (χ0v) is 25.5. The number of benzene rings is 5. The van der Waals surface area contributed by atoms with Crippen LogP contribution in [0, 0.1) is 27.7 Å². The number of para-hydroxylation sites is 1. The Morgan fingerprint density at radius 2 is 0.744 bits per heavy atom. The molecule has 43 heavy (non-hydrogen) atoms. The van der Waals surface area contributed by atoms with Crippen LogP contribution < -0.4 is 4.90 Å². The Labute approximate surface area is 257 Å². The molecule has 5 aromatic rings. The summed E-state index contributed by atoms with van der Waals surface area (Å²) < 4.78 is 0. The second-order valence-electron chi connectivity index (χ2n) is 10.9. The lowest BCUT2D eigenvalue weighted by Crippen LogP contribution is -2.12. The van der Waals surface area contributed by atoms with Crippen LogP contribution >= 0.6 is 0 Å². The van der Waals surface area contributed by atoms with E-state index in [0.29, 0.717) is 0 Å². The summed E-state index contributed by atoms with van der Waals surface area (Å²) in [5.41, 5.74) is 13.4. The van der Waals surface area contributed by atoms with Crippen molar-refractivity contribution < 1.29 is 0 Å². The van der Waals surface area contributed by atoms with Crippen molar-refractivity contribution in [3.63, 3.8) is 0 Å². The van der Waals surface area contributed by atoms with E-state index < -0.39 is 0 Å². The van der Waals surface area contributed by atoms with Gasteiger partial charge < -0.3 is 4.90 Å². The summed E-state index contributed by atoms with van der Waals surface area (Å²) >= 11 is 0. The maximum Gasteiger partial charge on any atom is 0.0519 e. The predicted molar refractivity (Wildman–Crippen MR) is 189 cm³/mol. The molecule has 0 atom stereocenters. The van der Waals surface area contributed by atoms with Gasteiger partial charge in [-0.05, 0) is 96.5 Å². The second-order valence-corrected chi connectivity index (χ2v) is 10.9. The van der Waals surface area contributed by atoms with E-state index in [1.165, 1.54) is 50.2 Å². The Balaban J connectivity index is 1.37. The van der Waals surface area contributed by atoms with E-state index in [1.807, 2.05) is 0 Å². The molecular weight excluding hydrogens is 518 g/mol. The molecule has 1 nitrogen and oxygen atoms in total.